The van der Waals surface area contributed by atoms with E-state index in [-0.39, 0.29) is 30.5 Å². The first-order valence-corrected chi connectivity index (χ1v) is 9.87. The second kappa shape index (κ2) is 9.30. The van der Waals surface area contributed by atoms with Gasteiger partial charge in [-0.05, 0) is 55.0 Å². The monoisotopic (exact) mass is 433 g/mol. The molecule has 0 unspecified atom stereocenters. The molecular formula is C24H20FN3O4. The number of ether oxygens (including phenoxy) is 2. The van der Waals surface area contributed by atoms with Crippen LogP contribution in [0.5, 0.6) is 11.5 Å². The average Bonchev–Trinajstić information content (AvgIpc) is 2.78. The summed E-state index contributed by atoms with van der Waals surface area (Å²) in [5.74, 6) is 0.158. The van der Waals surface area contributed by atoms with Gasteiger partial charge < -0.3 is 14.8 Å². The van der Waals surface area contributed by atoms with Gasteiger partial charge in [0, 0.05) is 24.0 Å². The van der Waals surface area contributed by atoms with Gasteiger partial charge in [-0.3, -0.25) is 14.0 Å². The van der Waals surface area contributed by atoms with E-state index in [0.717, 1.165) is 5.56 Å². The van der Waals surface area contributed by atoms with Crippen LogP contribution in [0.4, 0.5) is 10.1 Å². The topological polar surface area (TPSA) is 81.9 Å². The van der Waals surface area contributed by atoms with Crippen molar-refractivity contribution >= 4 is 17.2 Å². The Bertz CT molecular complexity index is 1320. The Balaban J connectivity index is 1.37. The fraction of sp³-hybridized carbons (Fsp3) is 0.125. The number of carbonyl (C=O) groups excluding carboxylic acids is 1. The lowest BCUT2D eigenvalue weighted by Crippen LogP contribution is -2.20. The van der Waals surface area contributed by atoms with Crippen molar-refractivity contribution in [2.75, 3.05) is 11.9 Å². The van der Waals surface area contributed by atoms with Gasteiger partial charge >= 0.3 is 0 Å². The summed E-state index contributed by atoms with van der Waals surface area (Å²) in [6.45, 7) is 1.77. The second-order valence-corrected chi connectivity index (χ2v) is 7.08. The van der Waals surface area contributed by atoms with E-state index in [1.54, 1.807) is 36.5 Å². The van der Waals surface area contributed by atoms with Crippen molar-refractivity contribution in [3.05, 3.63) is 100 Å². The standard InChI is InChI=1S/C24H20FN3O4/c1-16-4-3-11-28-23(30)13-19(27-24(16)28)14-31-21-6-2-5-18(12-21)26-22(29)15-32-20-9-7-17(25)8-10-20/h2-13H,14-15H2,1H3,(H,26,29). The van der Waals surface area contributed by atoms with Crippen molar-refractivity contribution in [1.29, 1.82) is 0 Å². The van der Waals surface area contributed by atoms with Crippen molar-refractivity contribution in [3.63, 3.8) is 0 Å². The summed E-state index contributed by atoms with van der Waals surface area (Å²) in [4.78, 5) is 29.0. The number of aromatic nitrogens is 2. The molecule has 162 valence electrons. The molecule has 1 amide bonds. The van der Waals surface area contributed by atoms with E-state index in [9.17, 15) is 14.0 Å². The van der Waals surface area contributed by atoms with E-state index in [1.807, 2.05) is 13.0 Å². The number of hydrogen-bond acceptors (Lipinski definition) is 5. The predicted molar refractivity (Wildman–Crippen MR) is 117 cm³/mol. The van der Waals surface area contributed by atoms with Gasteiger partial charge in [0.25, 0.3) is 11.5 Å². The van der Waals surface area contributed by atoms with E-state index in [1.165, 1.54) is 34.7 Å². The highest BCUT2D eigenvalue weighted by molar-refractivity contribution is 5.92. The van der Waals surface area contributed by atoms with Gasteiger partial charge in [-0.25, -0.2) is 9.37 Å². The first kappa shape index (κ1) is 21.0. The highest BCUT2D eigenvalue weighted by atomic mass is 19.1. The number of benzene rings is 2. The van der Waals surface area contributed by atoms with Crippen molar-refractivity contribution < 1.29 is 18.7 Å². The SMILES string of the molecule is Cc1cccn2c(=O)cc(COc3cccc(NC(=O)COc4ccc(F)cc4)c3)nc12. The summed E-state index contributed by atoms with van der Waals surface area (Å²) in [5.41, 5.74) is 2.32. The lowest BCUT2D eigenvalue weighted by molar-refractivity contribution is -0.118. The van der Waals surface area contributed by atoms with Gasteiger partial charge in [-0.15, -0.1) is 0 Å². The lowest BCUT2D eigenvalue weighted by Gasteiger charge is -2.10. The molecule has 0 aliphatic carbocycles. The highest BCUT2D eigenvalue weighted by Crippen LogP contribution is 2.19. The van der Waals surface area contributed by atoms with E-state index >= 15 is 0 Å². The molecule has 2 aromatic heterocycles. The van der Waals surface area contributed by atoms with Crippen LogP contribution in [0.3, 0.4) is 0 Å². The average molecular weight is 433 g/mol. The number of nitrogens with zero attached hydrogens (tertiary/aromatic N) is 2. The summed E-state index contributed by atoms with van der Waals surface area (Å²) < 4.78 is 25.5. The maximum atomic E-state index is 12.9. The maximum absolute atomic E-state index is 12.9. The Morgan fingerprint density at radius 3 is 2.66 bits per heavy atom. The third kappa shape index (κ3) is 5.10. The molecular weight excluding hydrogens is 413 g/mol. The molecule has 8 heteroatoms. The fourth-order valence-electron chi connectivity index (χ4n) is 3.08. The minimum absolute atomic E-state index is 0.102. The van der Waals surface area contributed by atoms with E-state index in [2.05, 4.69) is 10.3 Å². The zero-order chi connectivity index (χ0) is 22.5. The van der Waals surface area contributed by atoms with Crippen LogP contribution in [0.1, 0.15) is 11.3 Å². The molecule has 32 heavy (non-hydrogen) atoms. The van der Waals surface area contributed by atoms with Gasteiger partial charge in [0.2, 0.25) is 0 Å². The number of fused-ring (bicyclic) bond motifs is 1. The number of carbonyl (C=O) groups is 1. The minimum atomic E-state index is -0.377. The third-order valence-corrected chi connectivity index (χ3v) is 4.63. The van der Waals surface area contributed by atoms with Crippen LogP contribution < -0.4 is 20.3 Å². The quantitative estimate of drug-likeness (QED) is 0.480. The number of halogens is 1. The first-order valence-electron chi connectivity index (χ1n) is 9.87. The molecule has 0 aliphatic rings. The molecule has 0 fully saturated rings. The summed E-state index contributed by atoms with van der Waals surface area (Å²) in [5, 5.41) is 2.72. The molecule has 0 spiro atoms. The lowest BCUT2D eigenvalue weighted by atomic mass is 10.3. The molecule has 2 heterocycles. The van der Waals surface area contributed by atoms with Crippen molar-refractivity contribution in [1.82, 2.24) is 9.38 Å². The number of anilines is 1. The molecule has 0 atom stereocenters. The molecule has 1 N–H and O–H groups in total. The van der Waals surface area contributed by atoms with Crippen molar-refractivity contribution in [2.45, 2.75) is 13.5 Å². The predicted octanol–water partition coefficient (Wildman–Crippen LogP) is 3.74. The Morgan fingerprint density at radius 2 is 1.84 bits per heavy atom. The molecule has 4 aromatic rings. The molecule has 0 saturated carbocycles. The van der Waals surface area contributed by atoms with Gasteiger partial charge in [0.1, 0.15) is 29.6 Å². The van der Waals surface area contributed by atoms with Crippen LogP contribution in [-0.2, 0) is 11.4 Å². The van der Waals surface area contributed by atoms with Crippen LogP contribution in [0.15, 0.2) is 77.7 Å². The maximum Gasteiger partial charge on any atom is 0.262 e. The van der Waals surface area contributed by atoms with E-state index in [4.69, 9.17) is 9.47 Å². The Morgan fingerprint density at radius 1 is 1.03 bits per heavy atom. The van der Waals surface area contributed by atoms with Gasteiger partial charge in [0.15, 0.2) is 6.61 Å². The fourth-order valence-corrected chi connectivity index (χ4v) is 3.08. The number of rotatable bonds is 7. The number of amides is 1. The summed E-state index contributed by atoms with van der Waals surface area (Å²) in [6.07, 6.45) is 1.67. The van der Waals surface area contributed by atoms with Crippen molar-refractivity contribution in [3.8, 4) is 11.5 Å². The zero-order valence-electron chi connectivity index (χ0n) is 17.2. The number of aryl methyl sites for hydroxylation is 1. The molecule has 0 aliphatic heterocycles. The van der Waals surface area contributed by atoms with Gasteiger partial charge in [-0.2, -0.15) is 0 Å². The normalized spacial score (nSPS) is 10.7. The zero-order valence-corrected chi connectivity index (χ0v) is 17.2. The van der Waals surface area contributed by atoms with Crippen LogP contribution in [0, 0.1) is 12.7 Å². The summed E-state index contributed by atoms with van der Waals surface area (Å²) >= 11 is 0. The first-order chi connectivity index (χ1) is 15.5. The van der Waals surface area contributed by atoms with Crippen LogP contribution >= 0.6 is 0 Å². The Labute approximate surface area is 183 Å². The minimum Gasteiger partial charge on any atom is -0.487 e. The van der Waals surface area contributed by atoms with Crippen molar-refractivity contribution in [2.24, 2.45) is 0 Å². The smallest absolute Gasteiger partial charge is 0.262 e. The third-order valence-electron chi connectivity index (χ3n) is 4.63. The Hall–Kier alpha value is -4.20. The molecule has 0 bridgehead atoms. The second-order valence-electron chi connectivity index (χ2n) is 7.08. The highest BCUT2D eigenvalue weighted by Gasteiger charge is 2.08. The number of hydrogen-bond donors (Lipinski definition) is 1. The van der Waals surface area contributed by atoms with E-state index < -0.39 is 0 Å². The molecule has 4 rings (SSSR count). The summed E-state index contributed by atoms with van der Waals surface area (Å²) in [6, 6.07) is 17.4. The van der Waals surface area contributed by atoms with Crippen LogP contribution in [-0.4, -0.2) is 21.9 Å². The van der Waals surface area contributed by atoms with Gasteiger partial charge in [-0.1, -0.05) is 12.1 Å². The Kier molecular flexibility index (Phi) is 6.12. The number of nitrogens with one attached hydrogen (secondary N) is 1. The van der Waals surface area contributed by atoms with Crippen LogP contribution in [0.25, 0.3) is 5.65 Å². The van der Waals surface area contributed by atoms with Gasteiger partial charge in [0.05, 0.1) is 5.69 Å². The molecule has 7 nitrogen and oxygen atoms in total. The molecule has 0 saturated heterocycles. The summed E-state index contributed by atoms with van der Waals surface area (Å²) in [7, 11) is 0. The number of pyridine rings is 1. The molecule has 0 radical (unpaired) electrons. The largest absolute Gasteiger partial charge is 0.487 e. The molecule has 2 aromatic carbocycles. The van der Waals surface area contributed by atoms with E-state index in [0.29, 0.717) is 28.5 Å². The van der Waals surface area contributed by atoms with Crippen LogP contribution in [0.2, 0.25) is 0 Å².